The molecule has 0 aromatic rings. The van der Waals surface area contributed by atoms with Crippen LogP contribution in [0, 0.1) is 16.0 Å². The predicted octanol–water partition coefficient (Wildman–Crippen LogP) is 0.737. The van der Waals surface area contributed by atoms with Gasteiger partial charge in [0.15, 0.2) is 0 Å². The Morgan fingerprint density at radius 2 is 1.38 bits per heavy atom. The average Bonchev–Trinajstić information content (AvgIpc) is 2.90. The molecular formula is C26H52N4O7+2. The predicted molar refractivity (Wildman–Crippen MR) is 140 cm³/mol. The van der Waals surface area contributed by atoms with E-state index in [0.717, 1.165) is 100 Å². The summed E-state index contributed by atoms with van der Waals surface area (Å²) in [5.41, 5.74) is 0. The van der Waals surface area contributed by atoms with E-state index in [4.69, 9.17) is 23.7 Å². The zero-order chi connectivity index (χ0) is 26.4. The highest BCUT2D eigenvalue weighted by Crippen LogP contribution is 2.18. The van der Waals surface area contributed by atoms with Gasteiger partial charge in [-0.1, -0.05) is 0 Å². The van der Waals surface area contributed by atoms with Crippen molar-refractivity contribution in [2.45, 2.75) is 25.3 Å². The Balaban J connectivity index is 0.000000206. The number of quaternary nitrogens is 2. The molecule has 4 aliphatic rings. The monoisotopic (exact) mass is 532 g/mol. The van der Waals surface area contributed by atoms with Gasteiger partial charge in [0.05, 0.1) is 66.9 Å². The summed E-state index contributed by atoms with van der Waals surface area (Å²) in [5, 5.41) is 11.3. The number of likely N-dealkylation sites (N-methyl/N-ethyl adjacent to an activating group) is 2. The van der Waals surface area contributed by atoms with Crippen molar-refractivity contribution < 1.29 is 37.6 Å². The number of hydrogen-bond donors (Lipinski definition) is 0. The van der Waals surface area contributed by atoms with Crippen LogP contribution in [0.3, 0.4) is 0 Å². The maximum atomic E-state index is 11.3. The quantitative estimate of drug-likeness (QED) is 0.167. The summed E-state index contributed by atoms with van der Waals surface area (Å²) in [7, 11) is 4.41. The molecule has 4 heterocycles. The van der Waals surface area contributed by atoms with Crippen LogP contribution < -0.4 is 0 Å². The molecule has 4 fully saturated rings. The Morgan fingerprint density at radius 1 is 0.838 bits per heavy atom. The summed E-state index contributed by atoms with van der Waals surface area (Å²) in [6, 6.07) is -0.499. The van der Waals surface area contributed by atoms with Crippen LogP contribution in [0.4, 0.5) is 0 Å². The molecule has 11 nitrogen and oxygen atoms in total. The highest BCUT2D eigenvalue weighted by molar-refractivity contribution is 4.69. The Hall–Kier alpha value is -0.920. The molecule has 0 bridgehead atoms. The van der Waals surface area contributed by atoms with Gasteiger partial charge in [-0.05, 0) is 25.2 Å². The van der Waals surface area contributed by atoms with Gasteiger partial charge in [0.2, 0.25) is 0 Å². The topological polar surface area (TPSA) is 92.5 Å². The Kier molecular flexibility index (Phi) is 13.4. The lowest BCUT2D eigenvalue weighted by Gasteiger charge is -2.38. The second-order valence-electron chi connectivity index (χ2n) is 11.6. The van der Waals surface area contributed by atoms with Gasteiger partial charge >= 0.3 is 0 Å². The highest BCUT2D eigenvalue weighted by atomic mass is 16.6. The van der Waals surface area contributed by atoms with Crippen molar-refractivity contribution in [3.05, 3.63) is 10.1 Å². The maximum absolute atomic E-state index is 11.3. The molecule has 0 aliphatic carbocycles. The van der Waals surface area contributed by atoms with Crippen molar-refractivity contribution in [3.63, 3.8) is 0 Å². The number of hydrogen-bond acceptors (Lipinski definition) is 8. The highest BCUT2D eigenvalue weighted by Gasteiger charge is 2.36. The van der Waals surface area contributed by atoms with Crippen LogP contribution in [0.5, 0.6) is 0 Å². The van der Waals surface area contributed by atoms with Crippen molar-refractivity contribution in [2.24, 2.45) is 5.92 Å². The molecule has 0 amide bonds. The molecule has 0 radical (unpaired) electrons. The Bertz CT molecular complexity index is 632. The van der Waals surface area contributed by atoms with Gasteiger partial charge in [0.25, 0.3) is 6.04 Å². The fourth-order valence-corrected chi connectivity index (χ4v) is 5.43. The smallest absolute Gasteiger partial charge is 0.273 e. The first-order chi connectivity index (χ1) is 17.9. The minimum Gasteiger partial charge on any atom is -0.381 e. The number of nitrogens with zero attached hydrogens (tertiary/aromatic N) is 4. The van der Waals surface area contributed by atoms with E-state index in [1.165, 1.54) is 19.3 Å². The molecule has 216 valence electrons. The van der Waals surface area contributed by atoms with E-state index in [0.29, 0.717) is 39.5 Å². The van der Waals surface area contributed by atoms with Crippen LogP contribution in [0.1, 0.15) is 19.3 Å². The molecule has 0 saturated carbocycles. The first kappa shape index (κ1) is 30.6. The van der Waals surface area contributed by atoms with Crippen LogP contribution in [0.2, 0.25) is 0 Å². The molecule has 4 rings (SSSR count). The SMILES string of the molecule is C[N+]1(CC(CN2CCOCC2)[N+](=O)[O-])CCOCC1.C[N+]1(CCOCCC2CCOCC2)CCOCC1. The molecule has 4 saturated heterocycles. The largest absolute Gasteiger partial charge is 0.381 e. The molecule has 0 N–H and O–H groups in total. The fourth-order valence-electron chi connectivity index (χ4n) is 5.43. The molecular weight excluding hydrogens is 480 g/mol. The minimum atomic E-state index is -0.499. The van der Waals surface area contributed by atoms with E-state index in [1.807, 2.05) is 0 Å². The van der Waals surface area contributed by atoms with E-state index in [9.17, 15) is 10.1 Å². The molecule has 0 aromatic heterocycles. The molecule has 1 unspecified atom stereocenters. The average molecular weight is 533 g/mol. The lowest BCUT2D eigenvalue weighted by molar-refractivity contribution is -0.926. The summed E-state index contributed by atoms with van der Waals surface area (Å²) in [5.74, 6) is 0.826. The van der Waals surface area contributed by atoms with Crippen LogP contribution in [-0.2, 0) is 23.7 Å². The van der Waals surface area contributed by atoms with Gasteiger partial charge in [-0.25, -0.2) is 0 Å². The normalized spacial score (nSPS) is 25.6. The molecule has 0 aromatic carbocycles. The van der Waals surface area contributed by atoms with Gasteiger partial charge in [0.1, 0.15) is 39.3 Å². The molecule has 1 atom stereocenters. The molecule has 11 heteroatoms. The summed E-state index contributed by atoms with van der Waals surface area (Å²) in [6.45, 7) is 16.1. The van der Waals surface area contributed by atoms with E-state index >= 15 is 0 Å². The fraction of sp³-hybridized carbons (Fsp3) is 1.00. The van der Waals surface area contributed by atoms with Crippen LogP contribution in [0.15, 0.2) is 0 Å². The summed E-state index contributed by atoms with van der Waals surface area (Å²) in [4.78, 5) is 13.3. The third kappa shape index (κ3) is 11.8. The maximum Gasteiger partial charge on any atom is 0.273 e. The number of rotatable bonds is 11. The van der Waals surface area contributed by atoms with E-state index in [2.05, 4.69) is 19.0 Å². The van der Waals surface area contributed by atoms with Gasteiger partial charge in [-0.15, -0.1) is 0 Å². The van der Waals surface area contributed by atoms with Crippen molar-refractivity contribution >= 4 is 0 Å². The van der Waals surface area contributed by atoms with Crippen molar-refractivity contribution in [2.75, 3.05) is 139 Å². The van der Waals surface area contributed by atoms with E-state index in [-0.39, 0.29) is 4.92 Å². The Labute approximate surface area is 223 Å². The van der Waals surface area contributed by atoms with Crippen molar-refractivity contribution in [3.8, 4) is 0 Å². The summed E-state index contributed by atoms with van der Waals surface area (Å²) in [6.07, 6.45) is 3.64. The lowest BCUT2D eigenvalue weighted by Crippen LogP contribution is -2.58. The second-order valence-corrected chi connectivity index (χ2v) is 11.6. The van der Waals surface area contributed by atoms with Gasteiger partial charge in [-0.2, -0.15) is 0 Å². The second kappa shape index (κ2) is 16.2. The third-order valence-corrected chi connectivity index (χ3v) is 8.41. The Morgan fingerprint density at radius 3 is 1.97 bits per heavy atom. The summed E-state index contributed by atoms with van der Waals surface area (Å²) >= 11 is 0. The van der Waals surface area contributed by atoms with Crippen LogP contribution in [-0.4, -0.2) is 164 Å². The number of nitro groups is 1. The van der Waals surface area contributed by atoms with Crippen LogP contribution in [0.25, 0.3) is 0 Å². The van der Waals surface area contributed by atoms with E-state index < -0.39 is 6.04 Å². The first-order valence-corrected chi connectivity index (χ1v) is 14.3. The minimum absolute atomic E-state index is 0.117. The molecule has 37 heavy (non-hydrogen) atoms. The van der Waals surface area contributed by atoms with Gasteiger partial charge < -0.3 is 32.7 Å². The van der Waals surface area contributed by atoms with Crippen molar-refractivity contribution in [1.29, 1.82) is 0 Å². The zero-order valence-electron chi connectivity index (χ0n) is 23.4. The number of morpholine rings is 3. The molecule has 0 spiro atoms. The standard InChI is InChI=1S/C14H28NO3.C12H24N3O4/c1-15(6-12-18-13-7-15)5-11-17-10-4-14-2-8-16-9-3-14;1-15(4-8-19-9-5-15)11-12(14(16)17)10-13-2-6-18-7-3-13/h14H,2-13H2,1H3;12H,2-11H2,1H3/q2*+1. The lowest BCUT2D eigenvalue weighted by atomic mass is 9.97. The zero-order valence-corrected chi connectivity index (χ0v) is 23.4. The first-order valence-electron chi connectivity index (χ1n) is 14.3. The van der Waals surface area contributed by atoms with Gasteiger partial charge in [-0.3, -0.25) is 15.0 Å². The summed E-state index contributed by atoms with van der Waals surface area (Å²) < 4.78 is 29.1. The van der Waals surface area contributed by atoms with E-state index in [1.54, 1.807) is 0 Å². The van der Waals surface area contributed by atoms with Crippen LogP contribution >= 0.6 is 0 Å². The number of ether oxygens (including phenoxy) is 5. The third-order valence-electron chi connectivity index (χ3n) is 8.41. The molecule has 4 aliphatic heterocycles. The van der Waals surface area contributed by atoms with Gasteiger partial charge in [0, 0.05) is 37.8 Å². The van der Waals surface area contributed by atoms with Crippen molar-refractivity contribution in [1.82, 2.24) is 4.90 Å².